The van der Waals surface area contributed by atoms with E-state index < -0.39 is 0 Å². The number of aliphatic hydroxyl groups excluding tert-OH is 1. The summed E-state index contributed by atoms with van der Waals surface area (Å²) < 4.78 is 0. The maximum Gasteiger partial charge on any atom is 0.0431 e. The van der Waals surface area contributed by atoms with Gasteiger partial charge in [-0.25, -0.2) is 0 Å². The number of hydrogen-bond donors (Lipinski definition) is 1. The second-order valence-corrected chi connectivity index (χ2v) is 7.87. The fourth-order valence-corrected chi connectivity index (χ4v) is 3.54. The summed E-state index contributed by atoms with van der Waals surface area (Å²) in [5.74, 6) is 0. The van der Waals surface area contributed by atoms with E-state index in [2.05, 4.69) is 18.7 Å². The largest absolute Gasteiger partial charge is 0.396 e. The first-order valence-corrected chi connectivity index (χ1v) is 11.7. The highest BCUT2D eigenvalue weighted by molar-refractivity contribution is 4.60. The van der Waals surface area contributed by atoms with Gasteiger partial charge in [0, 0.05) is 6.61 Å². The summed E-state index contributed by atoms with van der Waals surface area (Å²) >= 11 is 0. The van der Waals surface area contributed by atoms with Crippen molar-refractivity contribution in [3.05, 3.63) is 0 Å². The standard InChI is InChI=1S/C23H49NO/c1-3-5-7-16-20-24(21-17-8-6-4-2)22-18-14-12-10-9-11-13-15-19-23-25/h25H,3-23H2,1-2H3. The zero-order valence-electron chi connectivity index (χ0n) is 17.7. The molecule has 0 aliphatic rings. The fourth-order valence-electron chi connectivity index (χ4n) is 3.54. The van der Waals surface area contributed by atoms with Crippen LogP contribution >= 0.6 is 0 Å². The molecule has 0 spiro atoms. The van der Waals surface area contributed by atoms with Crippen LogP contribution in [-0.4, -0.2) is 36.2 Å². The molecule has 0 aromatic rings. The second-order valence-electron chi connectivity index (χ2n) is 7.87. The van der Waals surface area contributed by atoms with Gasteiger partial charge >= 0.3 is 0 Å². The Balaban J connectivity index is 3.59. The molecule has 1 N–H and O–H groups in total. The van der Waals surface area contributed by atoms with E-state index in [4.69, 9.17) is 5.11 Å². The van der Waals surface area contributed by atoms with Gasteiger partial charge in [-0.2, -0.15) is 0 Å². The van der Waals surface area contributed by atoms with Crippen LogP contribution < -0.4 is 0 Å². The number of rotatable bonds is 21. The average molecular weight is 356 g/mol. The molecule has 0 aromatic heterocycles. The molecule has 0 bridgehead atoms. The molecule has 0 saturated heterocycles. The quantitative estimate of drug-likeness (QED) is 0.225. The van der Waals surface area contributed by atoms with Gasteiger partial charge in [0.05, 0.1) is 0 Å². The van der Waals surface area contributed by atoms with Gasteiger partial charge in [-0.15, -0.1) is 0 Å². The van der Waals surface area contributed by atoms with Crippen LogP contribution in [0.1, 0.15) is 123 Å². The lowest BCUT2D eigenvalue weighted by Crippen LogP contribution is -2.27. The van der Waals surface area contributed by atoms with Crippen LogP contribution in [0.3, 0.4) is 0 Å². The Labute approximate surface area is 159 Å². The van der Waals surface area contributed by atoms with Gasteiger partial charge in [-0.3, -0.25) is 0 Å². The zero-order chi connectivity index (χ0) is 18.4. The Morgan fingerprint density at radius 1 is 0.440 bits per heavy atom. The third-order valence-electron chi connectivity index (χ3n) is 5.29. The predicted molar refractivity (Wildman–Crippen MR) is 113 cm³/mol. The molecule has 25 heavy (non-hydrogen) atoms. The normalized spacial score (nSPS) is 11.5. The van der Waals surface area contributed by atoms with Crippen molar-refractivity contribution in [3.8, 4) is 0 Å². The number of unbranched alkanes of at least 4 members (excludes halogenated alkanes) is 14. The minimum atomic E-state index is 0.368. The second kappa shape index (κ2) is 22.0. The van der Waals surface area contributed by atoms with Crippen molar-refractivity contribution in [1.82, 2.24) is 4.90 Å². The SMILES string of the molecule is CCCCCCN(CCCCCC)CCCCCCCCCCCO. The number of hydrogen-bond acceptors (Lipinski definition) is 2. The summed E-state index contributed by atoms with van der Waals surface area (Å²) in [5.41, 5.74) is 0. The Bertz CT molecular complexity index is 220. The highest BCUT2D eigenvalue weighted by atomic mass is 16.2. The van der Waals surface area contributed by atoms with Crippen molar-refractivity contribution in [2.24, 2.45) is 0 Å². The van der Waals surface area contributed by atoms with Crippen LogP contribution in [0.2, 0.25) is 0 Å². The molecule has 0 atom stereocenters. The molecule has 0 amide bonds. The summed E-state index contributed by atoms with van der Waals surface area (Å²) in [4.78, 5) is 2.75. The predicted octanol–water partition coefficient (Wildman–Crippen LogP) is 6.95. The summed E-state index contributed by atoms with van der Waals surface area (Å²) in [5, 5.41) is 8.77. The molecule has 2 heteroatoms. The maximum absolute atomic E-state index is 8.77. The molecule has 0 fully saturated rings. The third kappa shape index (κ3) is 20.1. The first kappa shape index (κ1) is 24.9. The van der Waals surface area contributed by atoms with E-state index in [0.717, 1.165) is 6.42 Å². The van der Waals surface area contributed by atoms with Gasteiger partial charge in [0.25, 0.3) is 0 Å². The van der Waals surface area contributed by atoms with Crippen molar-refractivity contribution in [3.63, 3.8) is 0 Å². The van der Waals surface area contributed by atoms with E-state index >= 15 is 0 Å². The minimum absolute atomic E-state index is 0.368. The Morgan fingerprint density at radius 3 is 1.12 bits per heavy atom. The number of aliphatic hydroxyl groups is 1. The molecule has 0 heterocycles. The third-order valence-corrected chi connectivity index (χ3v) is 5.29. The molecular formula is C23H49NO. The van der Waals surface area contributed by atoms with E-state index in [1.54, 1.807) is 0 Å². The Morgan fingerprint density at radius 2 is 0.760 bits per heavy atom. The van der Waals surface area contributed by atoms with E-state index in [1.165, 1.54) is 122 Å². The van der Waals surface area contributed by atoms with E-state index in [0.29, 0.717) is 6.61 Å². The van der Waals surface area contributed by atoms with Gasteiger partial charge in [0.2, 0.25) is 0 Å². The van der Waals surface area contributed by atoms with Crippen LogP contribution in [0.15, 0.2) is 0 Å². The summed E-state index contributed by atoms with van der Waals surface area (Å²) in [6.07, 6.45) is 23.0. The lowest BCUT2D eigenvalue weighted by atomic mass is 10.1. The zero-order valence-corrected chi connectivity index (χ0v) is 17.7. The van der Waals surface area contributed by atoms with Crippen LogP contribution in [0, 0.1) is 0 Å². The lowest BCUT2D eigenvalue weighted by Gasteiger charge is -2.22. The minimum Gasteiger partial charge on any atom is -0.396 e. The van der Waals surface area contributed by atoms with Crippen molar-refractivity contribution in [1.29, 1.82) is 0 Å². The molecule has 0 aliphatic carbocycles. The molecule has 0 saturated carbocycles. The van der Waals surface area contributed by atoms with Gasteiger partial charge in [-0.1, -0.05) is 97.3 Å². The first-order valence-electron chi connectivity index (χ1n) is 11.7. The summed E-state index contributed by atoms with van der Waals surface area (Å²) in [6, 6.07) is 0. The molecule has 0 rings (SSSR count). The maximum atomic E-state index is 8.77. The molecule has 0 unspecified atom stereocenters. The molecule has 0 radical (unpaired) electrons. The summed E-state index contributed by atoms with van der Waals surface area (Å²) in [7, 11) is 0. The van der Waals surface area contributed by atoms with Gasteiger partial charge in [0.15, 0.2) is 0 Å². The highest BCUT2D eigenvalue weighted by Crippen LogP contribution is 2.11. The van der Waals surface area contributed by atoms with E-state index in [9.17, 15) is 0 Å². The van der Waals surface area contributed by atoms with Crippen LogP contribution in [0.5, 0.6) is 0 Å². The van der Waals surface area contributed by atoms with Crippen molar-refractivity contribution in [2.75, 3.05) is 26.2 Å². The smallest absolute Gasteiger partial charge is 0.0431 e. The first-order chi connectivity index (χ1) is 12.3. The monoisotopic (exact) mass is 355 g/mol. The van der Waals surface area contributed by atoms with Crippen molar-refractivity contribution < 1.29 is 5.11 Å². The topological polar surface area (TPSA) is 23.5 Å². The van der Waals surface area contributed by atoms with Crippen molar-refractivity contribution in [2.45, 2.75) is 123 Å². The van der Waals surface area contributed by atoms with Crippen LogP contribution in [-0.2, 0) is 0 Å². The molecule has 0 aliphatic heterocycles. The van der Waals surface area contributed by atoms with Crippen LogP contribution in [0.25, 0.3) is 0 Å². The van der Waals surface area contributed by atoms with Gasteiger partial charge < -0.3 is 10.0 Å². The highest BCUT2D eigenvalue weighted by Gasteiger charge is 2.04. The average Bonchev–Trinajstić information content (AvgIpc) is 2.63. The molecule has 2 nitrogen and oxygen atoms in total. The van der Waals surface area contributed by atoms with E-state index in [1.807, 2.05) is 0 Å². The van der Waals surface area contributed by atoms with Crippen LogP contribution in [0.4, 0.5) is 0 Å². The Kier molecular flexibility index (Phi) is 21.9. The lowest BCUT2D eigenvalue weighted by molar-refractivity contribution is 0.254. The van der Waals surface area contributed by atoms with E-state index in [-0.39, 0.29) is 0 Å². The molecular weight excluding hydrogens is 306 g/mol. The molecule has 152 valence electrons. The summed E-state index contributed by atoms with van der Waals surface area (Å²) in [6.45, 7) is 8.96. The van der Waals surface area contributed by atoms with Crippen molar-refractivity contribution >= 4 is 0 Å². The number of nitrogens with zero attached hydrogens (tertiary/aromatic N) is 1. The van der Waals surface area contributed by atoms with Gasteiger partial charge in [-0.05, 0) is 45.3 Å². The molecule has 0 aromatic carbocycles. The van der Waals surface area contributed by atoms with Gasteiger partial charge in [0.1, 0.15) is 0 Å². The fraction of sp³-hybridized carbons (Fsp3) is 1.00. The Hall–Kier alpha value is -0.0800.